The molecule has 5 nitrogen and oxygen atoms in total. The number of carbonyl (C=O) groups is 1. The van der Waals surface area contributed by atoms with Crippen molar-refractivity contribution in [2.75, 3.05) is 27.4 Å². The smallest absolute Gasteiger partial charge is 0.251 e. The lowest BCUT2D eigenvalue weighted by molar-refractivity contribution is 0.0934. The summed E-state index contributed by atoms with van der Waals surface area (Å²) in [6.07, 6.45) is 1.93. The second kappa shape index (κ2) is 5.48. The van der Waals surface area contributed by atoms with Gasteiger partial charge in [-0.3, -0.25) is 4.79 Å². The number of rotatable bonds is 6. The molecule has 0 radical (unpaired) electrons. The van der Waals surface area contributed by atoms with Gasteiger partial charge in [0, 0.05) is 23.6 Å². The summed E-state index contributed by atoms with van der Waals surface area (Å²) >= 11 is 0. The Labute approximate surface area is 112 Å². The molecule has 1 aliphatic carbocycles. The summed E-state index contributed by atoms with van der Waals surface area (Å²) in [5.41, 5.74) is 0.392. The van der Waals surface area contributed by atoms with Gasteiger partial charge in [-0.2, -0.15) is 0 Å². The third-order valence-corrected chi connectivity index (χ3v) is 3.53. The zero-order valence-electron chi connectivity index (χ0n) is 11.2. The van der Waals surface area contributed by atoms with Gasteiger partial charge in [0.25, 0.3) is 5.91 Å². The zero-order chi connectivity index (χ0) is 13.9. The van der Waals surface area contributed by atoms with Crippen LogP contribution in [-0.2, 0) is 0 Å². The Bertz CT molecular complexity index is 446. The summed E-state index contributed by atoms with van der Waals surface area (Å²) < 4.78 is 10.3. The Kier molecular flexibility index (Phi) is 3.95. The van der Waals surface area contributed by atoms with Crippen LogP contribution in [0.25, 0.3) is 0 Å². The first-order valence-electron chi connectivity index (χ1n) is 6.24. The highest BCUT2D eigenvalue weighted by Gasteiger charge is 2.42. The molecule has 2 rings (SSSR count). The summed E-state index contributed by atoms with van der Waals surface area (Å²) in [4.78, 5) is 12.1. The van der Waals surface area contributed by atoms with E-state index in [2.05, 4.69) is 5.32 Å². The Balaban J connectivity index is 2.05. The molecule has 19 heavy (non-hydrogen) atoms. The average molecular weight is 265 g/mol. The van der Waals surface area contributed by atoms with Crippen molar-refractivity contribution in [3.8, 4) is 11.5 Å². The largest absolute Gasteiger partial charge is 0.497 e. The van der Waals surface area contributed by atoms with Gasteiger partial charge in [-0.25, -0.2) is 0 Å². The molecule has 1 saturated carbocycles. The van der Waals surface area contributed by atoms with Gasteiger partial charge in [-0.05, 0) is 25.0 Å². The van der Waals surface area contributed by atoms with E-state index in [1.54, 1.807) is 32.4 Å². The summed E-state index contributed by atoms with van der Waals surface area (Å²) in [6, 6.07) is 5.04. The maximum Gasteiger partial charge on any atom is 0.251 e. The first kappa shape index (κ1) is 13.7. The minimum Gasteiger partial charge on any atom is -0.497 e. The van der Waals surface area contributed by atoms with Crippen LogP contribution in [0.5, 0.6) is 11.5 Å². The quantitative estimate of drug-likeness (QED) is 0.811. The van der Waals surface area contributed by atoms with Crippen LogP contribution in [0.2, 0.25) is 0 Å². The Morgan fingerprint density at radius 3 is 2.26 bits per heavy atom. The van der Waals surface area contributed by atoms with E-state index >= 15 is 0 Å². The van der Waals surface area contributed by atoms with E-state index in [4.69, 9.17) is 9.47 Å². The van der Waals surface area contributed by atoms with Crippen LogP contribution in [0.15, 0.2) is 18.2 Å². The van der Waals surface area contributed by atoms with E-state index in [0.717, 1.165) is 12.8 Å². The van der Waals surface area contributed by atoms with Crippen molar-refractivity contribution < 1.29 is 19.4 Å². The molecule has 0 aromatic heterocycles. The van der Waals surface area contributed by atoms with Gasteiger partial charge in [-0.1, -0.05) is 0 Å². The van der Waals surface area contributed by atoms with E-state index < -0.39 is 0 Å². The van der Waals surface area contributed by atoms with Gasteiger partial charge in [0.1, 0.15) is 11.5 Å². The number of amides is 1. The van der Waals surface area contributed by atoms with Crippen LogP contribution < -0.4 is 14.8 Å². The minimum absolute atomic E-state index is 0.0986. The van der Waals surface area contributed by atoms with E-state index in [-0.39, 0.29) is 17.9 Å². The second-order valence-electron chi connectivity index (χ2n) is 4.94. The molecule has 0 bridgehead atoms. The molecule has 1 aliphatic rings. The first-order valence-corrected chi connectivity index (χ1v) is 6.24. The van der Waals surface area contributed by atoms with Gasteiger partial charge >= 0.3 is 0 Å². The molecule has 104 valence electrons. The fourth-order valence-electron chi connectivity index (χ4n) is 1.88. The van der Waals surface area contributed by atoms with Crippen LogP contribution >= 0.6 is 0 Å². The van der Waals surface area contributed by atoms with Crippen LogP contribution in [0.4, 0.5) is 0 Å². The Morgan fingerprint density at radius 2 is 1.84 bits per heavy atom. The minimum atomic E-state index is -0.183. The number of nitrogens with one attached hydrogen (secondary N) is 1. The molecule has 0 atom stereocenters. The topological polar surface area (TPSA) is 67.8 Å². The number of hydrogen-bond donors (Lipinski definition) is 2. The molecule has 1 fully saturated rings. The number of methoxy groups -OCH3 is 2. The molecule has 5 heteroatoms. The van der Waals surface area contributed by atoms with Gasteiger partial charge in [0.05, 0.1) is 20.8 Å². The van der Waals surface area contributed by atoms with Gasteiger partial charge < -0.3 is 19.9 Å². The van der Waals surface area contributed by atoms with Crippen molar-refractivity contribution >= 4 is 5.91 Å². The predicted molar refractivity (Wildman–Crippen MR) is 70.6 cm³/mol. The summed E-state index contributed by atoms with van der Waals surface area (Å²) in [6.45, 7) is 0.622. The third kappa shape index (κ3) is 3.17. The molecule has 1 aromatic carbocycles. The number of carbonyl (C=O) groups excluding carboxylic acids is 1. The highest BCUT2D eigenvalue weighted by molar-refractivity contribution is 5.95. The molecule has 0 saturated heterocycles. The summed E-state index contributed by atoms with van der Waals surface area (Å²) in [7, 11) is 3.09. The molecule has 1 aromatic rings. The molecule has 1 amide bonds. The van der Waals surface area contributed by atoms with E-state index in [0.29, 0.717) is 23.6 Å². The highest BCUT2D eigenvalue weighted by atomic mass is 16.5. The predicted octanol–water partition coefficient (Wildman–Crippen LogP) is 1.21. The lowest BCUT2D eigenvalue weighted by Gasteiger charge is -2.13. The third-order valence-electron chi connectivity index (χ3n) is 3.53. The van der Waals surface area contributed by atoms with Crippen molar-refractivity contribution in [2.24, 2.45) is 5.41 Å². The van der Waals surface area contributed by atoms with Crippen LogP contribution in [0.1, 0.15) is 23.2 Å². The number of benzene rings is 1. The lowest BCUT2D eigenvalue weighted by atomic mass is 10.1. The number of ether oxygens (including phenoxy) is 2. The van der Waals surface area contributed by atoms with Crippen molar-refractivity contribution in [1.82, 2.24) is 5.32 Å². The summed E-state index contributed by atoms with van der Waals surface area (Å²) in [5.74, 6) is 0.970. The average Bonchev–Trinajstić information content (AvgIpc) is 3.24. The van der Waals surface area contributed by atoms with Crippen molar-refractivity contribution in [3.63, 3.8) is 0 Å². The second-order valence-corrected chi connectivity index (χ2v) is 4.94. The monoisotopic (exact) mass is 265 g/mol. The van der Waals surface area contributed by atoms with Crippen LogP contribution in [-0.4, -0.2) is 38.4 Å². The van der Waals surface area contributed by atoms with E-state index in [1.807, 2.05) is 0 Å². The number of hydrogen-bond acceptors (Lipinski definition) is 4. The molecule has 0 aliphatic heterocycles. The number of aliphatic hydroxyl groups is 1. The lowest BCUT2D eigenvalue weighted by Crippen LogP contribution is -2.31. The molecule has 0 heterocycles. The zero-order valence-corrected chi connectivity index (χ0v) is 11.2. The van der Waals surface area contributed by atoms with Crippen molar-refractivity contribution in [3.05, 3.63) is 23.8 Å². The first-order chi connectivity index (χ1) is 9.12. The summed E-state index contributed by atoms with van der Waals surface area (Å²) in [5, 5.41) is 12.1. The fourth-order valence-corrected chi connectivity index (χ4v) is 1.88. The van der Waals surface area contributed by atoms with Gasteiger partial charge in [-0.15, -0.1) is 0 Å². The van der Waals surface area contributed by atoms with Crippen LogP contribution in [0.3, 0.4) is 0 Å². The van der Waals surface area contributed by atoms with Crippen LogP contribution in [0, 0.1) is 5.41 Å². The normalized spacial score (nSPS) is 15.7. The Morgan fingerprint density at radius 1 is 1.26 bits per heavy atom. The molecule has 0 unspecified atom stereocenters. The molecule has 2 N–H and O–H groups in total. The SMILES string of the molecule is COc1cc(OC)cc(C(=O)NCC2(CO)CC2)c1. The van der Waals surface area contributed by atoms with E-state index in [1.165, 1.54) is 0 Å². The van der Waals surface area contributed by atoms with Gasteiger partial charge in [0.15, 0.2) is 0 Å². The molecular formula is C14H19NO4. The number of aliphatic hydroxyl groups excluding tert-OH is 1. The standard InChI is InChI=1S/C14H19NO4/c1-18-11-5-10(6-12(7-11)19-2)13(17)15-8-14(9-16)3-4-14/h5-7,16H,3-4,8-9H2,1-2H3,(H,15,17). The highest BCUT2D eigenvalue weighted by Crippen LogP contribution is 2.44. The molecular weight excluding hydrogens is 246 g/mol. The fraction of sp³-hybridized carbons (Fsp3) is 0.500. The van der Waals surface area contributed by atoms with Gasteiger partial charge in [0.2, 0.25) is 0 Å². The van der Waals surface area contributed by atoms with Crippen molar-refractivity contribution in [2.45, 2.75) is 12.8 Å². The molecule has 0 spiro atoms. The van der Waals surface area contributed by atoms with Crippen molar-refractivity contribution in [1.29, 1.82) is 0 Å². The maximum absolute atomic E-state index is 12.1. The Hall–Kier alpha value is -1.75. The van der Waals surface area contributed by atoms with E-state index in [9.17, 15) is 9.90 Å². The maximum atomic E-state index is 12.1.